The third-order valence-corrected chi connectivity index (χ3v) is 4.42. The number of benzene rings is 1. The van der Waals surface area contributed by atoms with E-state index in [9.17, 15) is 4.79 Å². The van der Waals surface area contributed by atoms with Crippen LogP contribution in [0.1, 0.15) is 37.1 Å². The van der Waals surface area contributed by atoms with E-state index in [-0.39, 0.29) is 11.8 Å². The summed E-state index contributed by atoms with van der Waals surface area (Å²) >= 11 is 0. The van der Waals surface area contributed by atoms with Gasteiger partial charge in [-0.15, -0.1) is 0 Å². The standard InChI is InChI=1S/C18H26N4O/c1-6-12(3)17(19)18(23)21-15-10-20-22(14(15)5)16-9-11(2)7-8-13(16)4/h7-10,12,17H,6,19H2,1-5H3,(H,21,23). The van der Waals surface area contributed by atoms with Crippen molar-refractivity contribution in [1.82, 2.24) is 9.78 Å². The molecule has 2 rings (SSSR count). The van der Waals surface area contributed by atoms with Crippen molar-refractivity contribution in [2.45, 2.75) is 47.1 Å². The Labute approximate surface area is 137 Å². The first-order valence-electron chi connectivity index (χ1n) is 8.03. The lowest BCUT2D eigenvalue weighted by Gasteiger charge is -2.17. The highest BCUT2D eigenvalue weighted by Crippen LogP contribution is 2.22. The predicted molar refractivity (Wildman–Crippen MR) is 93.8 cm³/mol. The van der Waals surface area contributed by atoms with E-state index in [1.165, 1.54) is 5.56 Å². The highest BCUT2D eigenvalue weighted by atomic mass is 16.2. The summed E-state index contributed by atoms with van der Waals surface area (Å²) in [6, 6.07) is 5.73. The van der Waals surface area contributed by atoms with Crippen LogP contribution < -0.4 is 11.1 Å². The minimum Gasteiger partial charge on any atom is -0.322 e. The van der Waals surface area contributed by atoms with Gasteiger partial charge in [0.25, 0.3) is 0 Å². The Balaban J connectivity index is 2.26. The number of hydrogen-bond donors (Lipinski definition) is 2. The number of nitrogens with zero attached hydrogens (tertiary/aromatic N) is 2. The molecule has 0 radical (unpaired) electrons. The van der Waals surface area contributed by atoms with Gasteiger partial charge in [0.2, 0.25) is 5.91 Å². The first-order valence-corrected chi connectivity index (χ1v) is 8.03. The molecule has 124 valence electrons. The fraction of sp³-hybridized carbons (Fsp3) is 0.444. The minimum atomic E-state index is -0.511. The monoisotopic (exact) mass is 314 g/mol. The number of carbonyl (C=O) groups is 1. The number of aromatic nitrogens is 2. The van der Waals surface area contributed by atoms with Crippen LogP contribution in [-0.4, -0.2) is 21.7 Å². The third kappa shape index (κ3) is 3.62. The van der Waals surface area contributed by atoms with E-state index in [2.05, 4.69) is 35.5 Å². The largest absolute Gasteiger partial charge is 0.322 e. The molecule has 0 saturated carbocycles. The van der Waals surface area contributed by atoms with Crippen molar-refractivity contribution < 1.29 is 4.79 Å². The van der Waals surface area contributed by atoms with Crippen LogP contribution in [-0.2, 0) is 4.79 Å². The van der Waals surface area contributed by atoms with Gasteiger partial charge in [0.1, 0.15) is 0 Å². The van der Waals surface area contributed by atoms with Gasteiger partial charge >= 0.3 is 0 Å². The number of nitrogens with one attached hydrogen (secondary N) is 1. The average Bonchev–Trinajstić information content (AvgIpc) is 2.89. The maximum atomic E-state index is 12.3. The van der Waals surface area contributed by atoms with Crippen molar-refractivity contribution in [2.75, 3.05) is 5.32 Å². The summed E-state index contributed by atoms with van der Waals surface area (Å²) < 4.78 is 1.85. The number of nitrogens with two attached hydrogens (primary N) is 1. The fourth-order valence-corrected chi connectivity index (χ4v) is 2.45. The summed E-state index contributed by atoms with van der Waals surface area (Å²) in [5, 5.41) is 7.33. The normalized spacial score (nSPS) is 13.7. The lowest BCUT2D eigenvalue weighted by atomic mass is 9.99. The zero-order valence-electron chi connectivity index (χ0n) is 14.6. The molecule has 0 aliphatic rings. The molecule has 23 heavy (non-hydrogen) atoms. The zero-order chi connectivity index (χ0) is 17.1. The molecule has 0 aliphatic carbocycles. The van der Waals surface area contributed by atoms with Crippen LogP contribution in [0, 0.1) is 26.7 Å². The number of hydrogen-bond acceptors (Lipinski definition) is 3. The van der Waals surface area contributed by atoms with E-state index in [0.29, 0.717) is 5.69 Å². The second-order valence-electron chi connectivity index (χ2n) is 6.25. The van der Waals surface area contributed by atoms with Gasteiger partial charge in [-0.05, 0) is 43.9 Å². The smallest absolute Gasteiger partial charge is 0.241 e. The topological polar surface area (TPSA) is 72.9 Å². The Morgan fingerprint density at radius 3 is 2.70 bits per heavy atom. The summed E-state index contributed by atoms with van der Waals surface area (Å²) in [4.78, 5) is 12.3. The Hall–Kier alpha value is -2.14. The van der Waals surface area contributed by atoms with Gasteiger partial charge in [-0.1, -0.05) is 32.4 Å². The molecule has 0 saturated heterocycles. The first kappa shape index (κ1) is 17.2. The lowest BCUT2D eigenvalue weighted by molar-refractivity contribution is -0.118. The van der Waals surface area contributed by atoms with E-state index in [0.717, 1.165) is 23.4 Å². The number of aryl methyl sites for hydroxylation is 2. The molecule has 2 aromatic rings. The Kier molecular flexibility index (Phi) is 5.21. The van der Waals surface area contributed by atoms with Gasteiger partial charge in [-0.25, -0.2) is 4.68 Å². The Bertz CT molecular complexity index is 705. The summed E-state index contributed by atoms with van der Waals surface area (Å²) in [7, 11) is 0. The quantitative estimate of drug-likeness (QED) is 0.890. The molecule has 2 unspecified atom stereocenters. The van der Waals surface area contributed by atoms with Crippen molar-refractivity contribution in [3.05, 3.63) is 41.2 Å². The van der Waals surface area contributed by atoms with Crippen LogP contribution in [0.25, 0.3) is 5.69 Å². The van der Waals surface area contributed by atoms with E-state index < -0.39 is 6.04 Å². The van der Waals surface area contributed by atoms with Crippen LogP contribution in [0.15, 0.2) is 24.4 Å². The van der Waals surface area contributed by atoms with Crippen molar-refractivity contribution in [2.24, 2.45) is 11.7 Å². The molecule has 0 bridgehead atoms. The van der Waals surface area contributed by atoms with Crippen LogP contribution in [0.4, 0.5) is 5.69 Å². The molecule has 1 heterocycles. The Morgan fingerprint density at radius 2 is 2.04 bits per heavy atom. The fourth-order valence-electron chi connectivity index (χ4n) is 2.45. The minimum absolute atomic E-state index is 0.143. The summed E-state index contributed by atoms with van der Waals surface area (Å²) in [6.45, 7) is 10.1. The molecule has 1 amide bonds. The molecule has 0 spiro atoms. The SMILES string of the molecule is CCC(C)C(N)C(=O)Nc1cnn(-c2cc(C)ccc2C)c1C. The molecule has 1 aromatic carbocycles. The first-order chi connectivity index (χ1) is 10.8. The van der Waals surface area contributed by atoms with Crippen LogP contribution in [0.2, 0.25) is 0 Å². The third-order valence-electron chi connectivity index (χ3n) is 4.42. The highest BCUT2D eigenvalue weighted by Gasteiger charge is 2.21. The van der Waals surface area contributed by atoms with Crippen LogP contribution >= 0.6 is 0 Å². The second kappa shape index (κ2) is 6.96. The molecule has 0 fully saturated rings. The number of anilines is 1. The van der Waals surface area contributed by atoms with Crippen molar-refractivity contribution in [3.63, 3.8) is 0 Å². The van der Waals surface area contributed by atoms with E-state index in [1.807, 2.05) is 32.4 Å². The van der Waals surface area contributed by atoms with Gasteiger partial charge < -0.3 is 11.1 Å². The van der Waals surface area contributed by atoms with E-state index >= 15 is 0 Å². The van der Waals surface area contributed by atoms with Gasteiger partial charge in [0, 0.05) is 0 Å². The maximum Gasteiger partial charge on any atom is 0.241 e. The zero-order valence-corrected chi connectivity index (χ0v) is 14.6. The molecular formula is C18H26N4O. The van der Waals surface area contributed by atoms with Crippen LogP contribution in [0.5, 0.6) is 0 Å². The van der Waals surface area contributed by atoms with Crippen LogP contribution in [0.3, 0.4) is 0 Å². The lowest BCUT2D eigenvalue weighted by Crippen LogP contribution is -2.40. The van der Waals surface area contributed by atoms with E-state index in [1.54, 1.807) is 6.20 Å². The molecular weight excluding hydrogens is 288 g/mol. The van der Waals surface area contributed by atoms with Crippen molar-refractivity contribution >= 4 is 11.6 Å². The van der Waals surface area contributed by atoms with Gasteiger partial charge in [0.05, 0.1) is 29.3 Å². The van der Waals surface area contributed by atoms with Gasteiger partial charge in [-0.2, -0.15) is 5.10 Å². The van der Waals surface area contributed by atoms with Gasteiger partial charge in [-0.3, -0.25) is 4.79 Å². The van der Waals surface area contributed by atoms with Crippen molar-refractivity contribution in [3.8, 4) is 5.69 Å². The summed E-state index contributed by atoms with van der Waals surface area (Å²) in [6.07, 6.45) is 2.55. The molecule has 3 N–H and O–H groups in total. The number of amides is 1. The number of rotatable bonds is 5. The molecule has 1 aromatic heterocycles. The summed E-state index contributed by atoms with van der Waals surface area (Å²) in [5.74, 6) is -0.0210. The van der Waals surface area contributed by atoms with E-state index in [4.69, 9.17) is 5.73 Å². The highest BCUT2D eigenvalue weighted by molar-refractivity contribution is 5.95. The Morgan fingerprint density at radius 1 is 1.35 bits per heavy atom. The molecule has 2 atom stereocenters. The summed E-state index contributed by atoms with van der Waals surface area (Å²) in [5.41, 5.74) is 10.9. The molecule has 5 heteroatoms. The molecule has 5 nitrogen and oxygen atoms in total. The predicted octanol–water partition coefficient (Wildman–Crippen LogP) is 3.11. The maximum absolute atomic E-state index is 12.3. The average molecular weight is 314 g/mol. The van der Waals surface area contributed by atoms with Crippen molar-refractivity contribution in [1.29, 1.82) is 0 Å². The number of carbonyl (C=O) groups excluding carboxylic acids is 1. The second-order valence-corrected chi connectivity index (χ2v) is 6.25. The molecule has 0 aliphatic heterocycles. The van der Waals surface area contributed by atoms with Gasteiger partial charge in [0.15, 0.2) is 0 Å².